The number of likely N-dealkylation sites (N-methyl/N-ethyl adjacent to an activating group) is 1. The summed E-state index contributed by atoms with van der Waals surface area (Å²) in [5, 5.41) is 3.14. The van der Waals surface area contributed by atoms with Gasteiger partial charge in [0.25, 0.3) is 0 Å². The van der Waals surface area contributed by atoms with Crippen LogP contribution in [0.3, 0.4) is 0 Å². The number of anilines is 1. The topological polar surface area (TPSA) is 58.6 Å². The van der Waals surface area contributed by atoms with E-state index in [0.29, 0.717) is 16.3 Å². The van der Waals surface area contributed by atoms with E-state index in [2.05, 4.69) is 10.1 Å². The van der Waals surface area contributed by atoms with Crippen molar-refractivity contribution in [3.8, 4) is 0 Å². The first kappa shape index (κ1) is 18.0. The normalized spacial score (nSPS) is 11.9. The Labute approximate surface area is 146 Å². The Hall–Kier alpha value is -2.37. The number of hydrogen-bond acceptors (Lipinski definition) is 4. The Bertz CT molecular complexity index is 732. The lowest BCUT2D eigenvalue weighted by molar-refractivity contribution is -0.120. The highest BCUT2D eigenvalue weighted by Crippen LogP contribution is 2.26. The molecule has 0 aliphatic heterocycles. The molecule has 0 saturated carbocycles. The fourth-order valence-corrected chi connectivity index (χ4v) is 2.55. The number of ether oxygens (including phenoxy) is 1. The summed E-state index contributed by atoms with van der Waals surface area (Å²) in [7, 11) is 4.94. The van der Waals surface area contributed by atoms with Gasteiger partial charge < -0.3 is 10.1 Å². The third-order valence-corrected chi connectivity index (χ3v) is 3.85. The molecule has 0 bridgehead atoms. The number of amides is 1. The van der Waals surface area contributed by atoms with E-state index in [-0.39, 0.29) is 5.91 Å². The van der Waals surface area contributed by atoms with Gasteiger partial charge in [0.05, 0.1) is 23.4 Å². The zero-order chi connectivity index (χ0) is 17.7. The van der Waals surface area contributed by atoms with Crippen molar-refractivity contribution in [3.63, 3.8) is 0 Å². The molecular formula is C18H19ClN2O3. The van der Waals surface area contributed by atoms with Crippen molar-refractivity contribution in [3.05, 3.63) is 64.7 Å². The SMILES string of the molecule is COC(=O)c1ccc(Cl)c(NC(=O)C(c2ccccc2)N(C)C)c1. The molecule has 2 aromatic rings. The largest absolute Gasteiger partial charge is 0.465 e. The van der Waals surface area contributed by atoms with E-state index in [1.165, 1.54) is 13.2 Å². The minimum Gasteiger partial charge on any atom is -0.465 e. The highest BCUT2D eigenvalue weighted by Gasteiger charge is 2.23. The van der Waals surface area contributed by atoms with Gasteiger partial charge in [-0.05, 0) is 37.9 Å². The van der Waals surface area contributed by atoms with E-state index >= 15 is 0 Å². The van der Waals surface area contributed by atoms with E-state index in [9.17, 15) is 9.59 Å². The molecule has 1 unspecified atom stereocenters. The predicted octanol–water partition coefficient (Wildman–Crippen LogP) is 3.37. The van der Waals surface area contributed by atoms with Crippen LogP contribution >= 0.6 is 11.6 Å². The van der Waals surface area contributed by atoms with Crippen LogP contribution in [0.5, 0.6) is 0 Å². The number of carbonyl (C=O) groups is 2. The summed E-state index contributed by atoms with van der Waals surface area (Å²) in [5.41, 5.74) is 1.55. The Morgan fingerprint density at radius 2 is 1.79 bits per heavy atom. The van der Waals surface area contributed by atoms with Crippen molar-refractivity contribution in [2.45, 2.75) is 6.04 Å². The van der Waals surface area contributed by atoms with Gasteiger partial charge in [0.15, 0.2) is 0 Å². The Kier molecular flexibility index (Phi) is 5.95. The summed E-state index contributed by atoms with van der Waals surface area (Å²) < 4.78 is 4.69. The lowest BCUT2D eigenvalue weighted by atomic mass is 10.1. The molecule has 0 radical (unpaired) electrons. The monoisotopic (exact) mass is 346 g/mol. The highest BCUT2D eigenvalue weighted by atomic mass is 35.5. The molecule has 5 nitrogen and oxygen atoms in total. The second-order valence-corrected chi connectivity index (χ2v) is 5.86. The van der Waals surface area contributed by atoms with Gasteiger partial charge in [-0.1, -0.05) is 41.9 Å². The number of carbonyl (C=O) groups excluding carboxylic acids is 2. The lowest BCUT2D eigenvalue weighted by Gasteiger charge is -2.24. The number of nitrogens with zero attached hydrogens (tertiary/aromatic N) is 1. The predicted molar refractivity (Wildman–Crippen MR) is 94.3 cm³/mol. The molecule has 1 amide bonds. The molecule has 0 heterocycles. The Morgan fingerprint density at radius 1 is 1.12 bits per heavy atom. The second kappa shape index (κ2) is 7.95. The molecule has 24 heavy (non-hydrogen) atoms. The van der Waals surface area contributed by atoms with Crippen molar-refractivity contribution in [1.82, 2.24) is 4.90 Å². The van der Waals surface area contributed by atoms with Crippen LogP contribution in [0.1, 0.15) is 22.0 Å². The van der Waals surface area contributed by atoms with Crippen LogP contribution in [0, 0.1) is 0 Å². The maximum absolute atomic E-state index is 12.7. The Balaban J connectivity index is 2.29. The van der Waals surface area contributed by atoms with Crippen molar-refractivity contribution in [2.75, 3.05) is 26.5 Å². The fraction of sp³-hybridized carbons (Fsp3) is 0.222. The van der Waals surface area contributed by atoms with Crippen LogP contribution in [0.2, 0.25) is 5.02 Å². The van der Waals surface area contributed by atoms with Crippen LogP contribution < -0.4 is 5.32 Å². The minimum atomic E-state index is -0.491. The van der Waals surface area contributed by atoms with Gasteiger partial charge in [-0.2, -0.15) is 0 Å². The summed E-state index contributed by atoms with van der Waals surface area (Å²) in [4.78, 5) is 26.2. The zero-order valence-electron chi connectivity index (χ0n) is 13.7. The lowest BCUT2D eigenvalue weighted by Crippen LogP contribution is -2.32. The second-order valence-electron chi connectivity index (χ2n) is 5.45. The standard InChI is InChI=1S/C18H19ClN2O3/c1-21(2)16(12-7-5-4-6-8-12)17(22)20-15-11-13(18(23)24-3)9-10-14(15)19/h4-11,16H,1-3H3,(H,20,22). The van der Waals surface area contributed by atoms with Crippen molar-refractivity contribution < 1.29 is 14.3 Å². The first-order valence-electron chi connectivity index (χ1n) is 7.34. The quantitative estimate of drug-likeness (QED) is 0.843. The maximum atomic E-state index is 12.7. The van der Waals surface area contributed by atoms with Gasteiger partial charge in [-0.25, -0.2) is 4.79 Å². The van der Waals surface area contributed by atoms with Gasteiger partial charge in [0, 0.05) is 0 Å². The van der Waals surface area contributed by atoms with Crippen LogP contribution in [-0.4, -0.2) is 38.0 Å². The summed E-state index contributed by atoms with van der Waals surface area (Å²) in [6.07, 6.45) is 0. The van der Waals surface area contributed by atoms with E-state index in [1.807, 2.05) is 49.3 Å². The van der Waals surface area contributed by atoms with E-state index in [1.54, 1.807) is 12.1 Å². The van der Waals surface area contributed by atoms with E-state index in [0.717, 1.165) is 5.56 Å². The van der Waals surface area contributed by atoms with Crippen molar-refractivity contribution >= 4 is 29.2 Å². The van der Waals surface area contributed by atoms with Gasteiger partial charge in [-0.15, -0.1) is 0 Å². The fourth-order valence-electron chi connectivity index (χ4n) is 2.39. The van der Waals surface area contributed by atoms with Gasteiger partial charge in [-0.3, -0.25) is 9.69 Å². The van der Waals surface area contributed by atoms with Gasteiger partial charge >= 0.3 is 5.97 Å². The van der Waals surface area contributed by atoms with Crippen molar-refractivity contribution in [2.24, 2.45) is 0 Å². The molecule has 0 aliphatic carbocycles. The third-order valence-electron chi connectivity index (χ3n) is 3.53. The summed E-state index contributed by atoms with van der Waals surface area (Å²) in [5.74, 6) is -0.732. The molecule has 1 N–H and O–H groups in total. The minimum absolute atomic E-state index is 0.241. The molecule has 0 aromatic heterocycles. The van der Waals surface area contributed by atoms with Crippen LogP contribution in [0.15, 0.2) is 48.5 Å². The molecule has 6 heteroatoms. The van der Waals surface area contributed by atoms with E-state index < -0.39 is 12.0 Å². The molecule has 0 spiro atoms. The number of methoxy groups -OCH3 is 1. The average molecular weight is 347 g/mol. The summed E-state index contributed by atoms with van der Waals surface area (Å²) in [6.45, 7) is 0. The number of halogens is 1. The Morgan fingerprint density at radius 3 is 2.38 bits per heavy atom. The zero-order valence-corrected chi connectivity index (χ0v) is 14.5. The van der Waals surface area contributed by atoms with E-state index in [4.69, 9.17) is 11.6 Å². The van der Waals surface area contributed by atoms with Crippen LogP contribution in [0.4, 0.5) is 5.69 Å². The van der Waals surface area contributed by atoms with Gasteiger partial charge in [0.1, 0.15) is 6.04 Å². The molecule has 2 aromatic carbocycles. The maximum Gasteiger partial charge on any atom is 0.337 e. The molecule has 1 atom stereocenters. The number of benzene rings is 2. The van der Waals surface area contributed by atoms with Gasteiger partial charge in [0.2, 0.25) is 5.91 Å². The first-order valence-corrected chi connectivity index (χ1v) is 7.72. The van der Waals surface area contributed by atoms with Crippen molar-refractivity contribution in [1.29, 1.82) is 0 Å². The third kappa shape index (κ3) is 4.13. The first-order chi connectivity index (χ1) is 11.4. The number of esters is 1. The number of rotatable bonds is 5. The van der Waals surface area contributed by atoms with Crippen LogP contribution in [-0.2, 0) is 9.53 Å². The average Bonchev–Trinajstić information content (AvgIpc) is 2.57. The summed E-state index contributed by atoms with van der Waals surface area (Å²) in [6, 6.07) is 13.5. The smallest absolute Gasteiger partial charge is 0.337 e. The highest BCUT2D eigenvalue weighted by molar-refractivity contribution is 6.34. The molecule has 0 saturated heterocycles. The molecule has 0 aliphatic rings. The molecule has 2 rings (SSSR count). The number of hydrogen-bond donors (Lipinski definition) is 1. The van der Waals surface area contributed by atoms with Crippen LogP contribution in [0.25, 0.3) is 0 Å². The molecular weight excluding hydrogens is 328 g/mol. The number of nitrogens with one attached hydrogen (secondary N) is 1. The summed E-state index contributed by atoms with van der Waals surface area (Å²) >= 11 is 6.14. The molecule has 126 valence electrons. The molecule has 0 fully saturated rings.